The van der Waals surface area contributed by atoms with E-state index in [0.717, 1.165) is 34.3 Å². The molecule has 0 aromatic heterocycles. The van der Waals surface area contributed by atoms with Crippen LogP contribution in [0.3, 0.4) is 0 Å². The van der Waals surface area contributed by atoms with Crippen LogP contribution >= 0.6 is 15.9 Å². The summed E-state index contributed by atoms with van der Waals surface area (Å²) in [6, 6.07) is 3.95. The maximum absolute atomic E-state index is 6.11. The third-order valence-electron chi connectivity index (χ3n) is 3.90. The molecule has 1 saturated carbocycles. The Balaban J connectivity index is 2.04. The second-order valence-electron chi connectivity index (χ2n) is 6.12. The summed E-state index contributed by atoms with van der Waals surface area (Å²) in [4.78, 5) is 0. The van der Waals surface area contributed by atoms with Crippen molar-refractivity contribution in [2.75, 3.05) is 5.73 Å². The van der Waals surface area contributed by atoms with Crippen molar-refractivity contribution in [3.8, 4) is 5.75 Å². The van der Waals surface area contributed by atoms with E-state index in [1.54, 1.807) is 0 Å². The van der Waals surface area contributed by atoms with Crippen LogP contribution in [0.15, 0.2) is 16.6 Å². The number of nitrogen functional groups attached to an aromatic ring is 1. The highest BCUT2D eigenvalue weighted by Crippen LogP contribution is 2.38. The fourth-order valence-corrected chi connectivity index (χ4v) is 2.89. The molecule has 1 aromatic carbocycles. The predicted octanol–water partition coefficient (Wildman–Crippen LogP) is 4.69. The highest BCUT2D eigenvalue weighted by Gasteiger charge is 2.28. The molecule has 0 heterocycles. The quantitative estimate of drug-likeness (QED) is 0.804. The van der Waals surface area contributed by atoms with Crippen molar-refractivity contribution in [3.63, 3.8) is 0 Å². The maximum Gasteiger partial charge on any atom is 0.134 e. The number of nitrogens with two attached hydrogens (primary N) is 1. The molecule has 1 fully saturated rings. The Morgan fingerprint density at radius 3 is 2.50 bits per heavy atom. The molecule has 2 N–H and O–H groups in total. The summed E-state index contributed by atoms with van der Waals surface area (Å²) in [6.45, 7) is 6.69. The fourth-order valence-electron chi connectivity index (χ4n) is 2.43. The highest BCUT2D eigenvalue weighted by atomic mass is 79.9. The average molecular weight is 312 g/mol. The number of hydrogen-bond donors (Lipinski definition) is 1. The number of halogens is 1. The minimum Gasteiger partial charge on any atom is -0.489 e. The molecule has 1 aromatic rings. The van der Waals surface area contributed by atoms with E-state index in [2.05, 4.69) is 29.8 Å². The van der Waals surface area contributed by atoms with Crippen molar-refractivity contribution < 1.29 is 4.74 Å². The summed E-state index contributed by atoms with van der Waals surface area (Å²) in [7, 11) is 0. The van der Waals surface area contributed by atoms with Gasteiger partial charge in [-0.25, -0.2) is 0 Å². The monoisotopic (exact) mass is 311 g/mol. The first-order valence-electron chi connectivity index (χ1n) is 6.60. The van der Waals surface area contributed by atoms with E-state index in [-0.39, 0.29) is 0 Å². The van der Waals surface area contributed by atoms with Crippen LogP contribution in [-0.2, 0) is 0 Å². The van der Waals surface area contributed by atoms with Crippen LogP contribution in [0.1, 0.15) is 45.1 Å². The molecule has 0 bridgehead atoms. The molecule has 100 valence electrons. The lowest BCUT2D eigenvalue weighted by Crippen LogP contribution is -2.28. The van der Waals surface area contributed by atoms with Crippen molar-refractivity contribution in [2.45, 2.75) is 52.6 Å². The molecule has 2 rings (SSSR count). The van der Waals surface area contributed by atoms with Crippen LogP contribution in [0, 0.1) is 12.3 Å². The van der Waals surface area contributed by atoms with Gasteiger partial charge in [-0.15, -0.1) is 0 Å². The van der Waals surface area contributed by atoms with Crippen molar-refractivity contribution in [1.29, 1.82) is 0 Å². The Morgan fingerprint density at radius 2 is 1.89 bits per heavy atom. The second-order valence-corrected chi connectivity index (χ2v) is 6.97. The topological polar surface area (TPSA) is 35.2 Å². The van der Waals surface area contributed by atoms with Gasteiger partial charge >= 0.3 is 0 Å². The summed E-state index contributed by atoms with van der Waals surface area (Å²) in [5.41, 5.74) is 8.23. The molecule has 0 unspecified atom stereocenters. The zero-order valence-corrected chi connectivity index (χ0v) is 13.0. The second kappa shape index (κ2) is 5.12. The first kappa shape index (κ1) is 13.7. The Kier molecular flexibility index (Phi) is 3.90. The van der Waals surface area contributed by atoms with Gasteiger partial charge < -0.3 is 10.5 Å². The van der Waals surface area contributed by atoms with E-state index in [1.807, 2.05) is 19.1 Å². The SMILES string of the molecule is Cc1cc(OC2CCC(C)(C)CC2)c(Br)cc1N. The number of benzene rings is 1. The summed E-state index contributed by atoms with van der Waals surface area (Å²) in [5, 5.41) is 0. The normalized spacial score (nSPS) is 19.8. The van der Waals surface area contributed by atoms with Crippen LogP contribution in [0.4, 0.5) is 5.69 Å². The zero-order chi connectivity index (χ0) is 13.3. The predicted molar refractivity (Wildman–Crippen MR) is 80.0 cm³/mol. The van der Waals surface area contributed by atoms with E-state index < -0.39 is 0 Å². The minimum atomic E-state index is 0.345. The van der Waals surface area contributed by atoms with Crippen molar-refractivity contribution in [2.24, 2.45) is 5.41 Å². The summed E-state index contributed by atoms with van der Waals surface area (Å²) in [5.74, 6) is 0.923. The van der Waals surface area contributed by atoms with Gasteiger partial charge in [0.25, 0.3) is 0 Å². The molecule has 0 amide bonds. The fraction of sp³-hybridized carbons (Fsp3) is 0.600. The smallest absolute Gasteiger partial charge is 0.134 e. The Labute approximate surface area is 118 Å². The largest absolute Gasteiger partial charge is 0.489 e. The number of hydrogen-bond acceptors (Lipinski definition) is 2. The summed E-state index contributed by atoms with van der Waals surface area (Å²) >= 11 is 3.53. The molecule has 0 atom stereocenters. The van der Waals surface area contributed by atoms with Crippen LogP contribution < -0.4 is 10.5 Å². The molecule has 0 radical (unpaired) electrons. The van der Waals surface area contributed by atoms with Crippen LogP contribution in [0.25, 0.3) is 0 Å². The third-order valence-corrected chi connectivity index (χ3v) is 4.52. The van der Waals surface area contributed by atoms with Gasteiger partial charge in [-0.2, -0.15) is 0 Å². The molecular formula is C15H22BrNO. The van der Waals surface area contributed by atoms with Gasteiger partial charge in [-0.3, -0.25) is 0 Å². The van der Waals surface area contributed by atoms with Gasteiger partial charge in [0.2, 0.25) is 0 Å². The molecular weight excluding hydrogens is 290 g/mol. The van der Waals surface area contributed by atoms with E-state index in [4.69, 9.17) is 10.5 Å². The van der Waals surface area contributed by atoms with Crippen molar-refractivity contribution >= 4 is 21.6 Å². The zero-order valence-electron chi connectivity index (χ0n) is 11.4. The third kappa shape index (κ3) is 3.19. The molecule has 1 aliphatic carbocycles. The molecule has 0 spiro atoms. The van der Waals surface area contributed by atoms with Crippen LogP contribution in [0.5, 0.6) is 5.75 Å². The molecule has 18 heavy (non-hydrogen) atoms. The molecule has 0 saturated heterocycles. The Hall–Kier alpha value is -0.700. The average Bonchev–Trinajstić information content (AvgIpc) is 2.28. The van der Waals surface area contributed by atoms with Crippen molar-refractivity contribution in [1.82, 2.24) is 0 Å². The molecule has 0 aliphatic heterocycles. The minimum absolute atomic E-state index is 0.345. The van der Waals surface area contributed by atoms with E-state index in [1.165, 1.54) is 12.8 Å². The summed E-state index contributed by atoms with van der Waals surface area (Å²) in [6.07, 6.45) is 5.11. The van der Waals surface area contributed by atoms with E-state index in [0.29, 0.717) is 11.5 Å². The molecule has 3 heteroatoms. The van der Waals surface area contributed by atoms with Crippen molar-refractivity contribution in [3.05, 3.63) is 22.2 Å². The van der Waals surface area contributed by atoms with Gasteiger partial charge in [-0.1, -0.05) is 13.8 Å². The van der Waals surface area contributed by atoms with Crippen LogP contribution in [-0.4, -0.2) is 6.10 Å². The lowest BCUT2D eigenvalue weighted by molar-refractivity contribution is 0.0981. The number of ether oxygens (including phenoxy) is 1. The first-order chi connectivity index (χ1) is 8.37. The van der Waals surface area contributed by atoms with E-state index in [9.17, 15) is 0 Å². The van der Waals surface area contributed by atoms with Gasteiger partial charge in [0.1, 0.15) is 5.75 Å². The lowest BCUT2D eigenvalue weighted by atomic mass is 9.76. The number of rotatable bonds is 2. The van der Waals surface area contributed by atoms with Gasteiger partial charge in [-0.05, 0) is 71.6 Å². The summed E-state index contributed by atoms with van der Waals surface area (Å²) < 4.78 is 7.07. The lowest BCUT2D eigenvalue weighted by Gasteiger charge is -2.34. The Morgan fingerprint density at radius 1 is 1.28 bits per heavy atom. The van der Waals surface area contributed by atoms with Gasteiger partial charge in [0, 0.05) is 5.69 Å². The molecule has 1 aliphatic rings. The molecule has 2 nitrogen and oxygen atoms in total. The van der Waals surface area contributed by atoms with Crippen LogP contribution in [0.2, 0.25) is 0 Å². The van der Waals surface area contributed by atoms with E-state index >= 15 is 0 Å². The van der Waals surface area contributed by atoms with Gasteiger partial charge in [0.05, 0.1) is 10.6 Å². The Bertz CT molecular complexity index is 432. The highest BCUT2D eigenvalue weighted by molar-refractivity contribution is 9.10. The first-order valence-corrected chi connectivity index (χ1v) is 7.39. The number of anilines is 1. The van der Waals surface area contributed by atoms with Gasteiger partial charge in [0.15, 0.2) is 0 Å². The maximum atomic E-state index is 6.11. The standard InChI is InChI=1S/C15H22BrNO/c1-10-8-14(12(16)9-13(10)17)18-11-4-6-15(2,3)7-5-11/h8-9,11H,4-7,17H2,1-3H3. The number of aryl methyl sites for hydroxylation is 1.